The van der Waals surface area contributed by atoms with Crippen molar-refractivity contribution in [2.24, 2.45) is 0 Å². The maximum atomic E-state index is 12.8. The second-order valence-corrected chi connectivity index (χ2v) is 6.76. The quantitative estimate of drug-likeness (QED) is 0.748. The highest BCUT2D eigenvalue weighted by Gasteiger charge is 2.27. The summed E-state index contributed by atoms with van der Waals surface area (Å²) in [4.78, 5) is 16.7. The lowest BCUT2D eigenvalue weighted by atomic mass is 10.0. The molecular formula is C19H22N8O. The highest BCUT2D eigenvalue weighted by Crippen LogP contribution is 2.21. The Hall–Kier alpha value is -3.49. The highest BCUT2D eigenvalue weighted by atomic mass is 16.2. The molecule has 28 heavy (non-hydrogen) atoms. The number of amides is 2. The molecule has 2 amide bonds. The summed E-state index contributed by atoms with van der Waals surface area (Å²) in [6.07, 6.45) is 7.00. The van der Waals surface area contributed by atoms with Gasteiger partial charge in [-0.3, -0.25) is 0 Å². The van der Waals surface area contributed by atoms with Crippen LogP contribution in [0.15, 0.2) is 55.0 Å². The molecule has 1 aromatic carbocycles. The summed E-state index contributed by atoms with van der Waals surface area (Å²) in [5, 5.41) is 18.9. The average Bonchev–Trinajstić information content (AvgIpc) is 3.29. The number of benzene rings is 1. The van der Waals surface area contributed by atoms with E-state index in [1.54, 1.807) is 28.2 Å². The van der Waals surface area contributed by atoms with Crippen LogP contribution < -0.4 is 10.2 Å². The molecule has 1 fully saturated rings. The molecular weight excluding hydrogens is 356 g/mol. The molecule has 2 aromatic heterocycles. The molecule has 1 aliphatic rings. The molecule has 3 heterocycles. The highest BCUT2D eigenvalue weighted by molar-refractivity contribution is 5.89. The van der Waals surface area contributed by atoms with E-state index >= 15 is 0 Å². The second kappa shape index (κ2) is 8.03. The fraction of sp³-hybridized carbons (Fsp3) is 0.316. The second-order valence-electron chi connectivity index (χ2n) is 6.76. The van der Waals surface area contributed by atoms with Gasteiger partial charge >= 0.3 is 6.03 Å². The fourth-order valence-corrected chi connectivity index (χ4v) is 3.39. The Balaban J connectivity index is 1.41. The van der Waals surface area contributed by atoms with E-state index in [0.29, 0.717) is 5.69 Å². The number of likely N-dealkylation sites (N-methyl/N-ethyl adjacent to an activating group) is 1. The number of carbonyl (C=O) groups excluding carboxylic acids is 1. The smallest absolute Gasteiger partial charge is 0.321 e. The molecule has 0 saturated carbocycles. The van der Waals surface area contributed by atoms with Gasteiger partial charge in [-0.05, 0) is 43.2 Å². The number of nitrogens with one attached hydrogen (secondary N) is 1. The predicted octanol–water partition coefficient (Wildman–Crippen LogP) is 2.19. The molecule has 1 saturated heterocycles. The minimum Gasteiger partial charge on any atom is -0.353 e. The van der Waals surface area contributed by atoms with Crippen LogP contribution in [0.25, 0.3) is 5.69 Å². The lowest BCUT2D eigenvalue weighted by molar-refractivity contribution is 0.195. The summed E-state index contributed by atoms with van der Waals surface area (Å²) in [6, 6.07) is 11.3. The van der Waals surface area contributed by atoms with Gasteiger partial charge in [-0.25, -0.2) is 9.48 Å². The van der Waals surface area contributed by atoms with Crippen molar-refractivity contribution in [1.82, 2.24) is 30.1 Å². The molecule has 1 unspecified atom stereocenters. The first-order valence-electron chi connectivity index (χ1n) is 9.24. The maximum Gasteiger partial charge on any atom is 0.321 e. The first-order valence-corrected chi connectivity index (χ1v) is 9.24. The third-order valence-corrected chi connectivity index (χ3v) is 4.93. The van der Waals surface area contributed by atoms with Crippen molar-refractivity contribution in [2.45, 2.75) is 18.9 Å². The van der Waals surface area contributed by atoms with Crippen LogP contribution in [0, 0.1) is 0 Å². The van der Waals surface area contributed by atoms with Crippen LogP contribution >= 0.6 is 0 Å². The third-order valence-electron chi connectivity index (χ3n) is 4.93. The predicted molar refractivity (Wildman–Crippen MR) is 105 cm³/mol. The van der Waals surface area contributed by atoms with E-state index in [1.807, 2.05) is 43.4 Å². The number of urea groups is 1. The lowest BCUT2D eigenvalue weighted by Crippen LogP contribution is -2.50. The first kappa shape index (κ1) is 17.9. The molecule has 144 valence electrons. The molecule has 9 heteroatoms. The molecule has 1 N–H and O–H groups in total. The fourth-order valence-electron chi connectivity index (χ4n) is 3.39. The molecule has 4 rings (SSSR count). The number of piperidine rings is 1. The molecule has 0 bridgehead atoms. The number of rotatable bonds is 4. The Kier molecular flexibility index (Phi) is 5.14. The van der Waals surface area contributed by atoms with E-state index in [-0.39, 0.29) is 12.1 Å². The van der Waals surface area contributed by atoms with Crippen LogP contribution in [-0.2, 0) is 0 Å². The van der Waals surface area contributed by atoms with Crippen molar-refractivity contribution in [3.8, 4) is 5.69 Å². The molecule has 0 radical (unpaired) electrons. The minimum atomic E-state index is -0.137. The van der Waals surface area contributed by atoms with Crippen LogP contribution in [0.3, 0.4) is 0 Å². The van der Waals surface area contributed by atoms with Gasteiger partial charge in [0, 0.05) is 32.0 Å². The van der Waals surface area contributed by atoms with Gasteiger partial charge in [0.25, 0.3) is 0 Å². The zero-order chi connectivity index (χ0) is 19.3. The first-order chi connectivity index (χ1) is 13.7. The van der Waals surface area contributed by atoms with E-state index in [1.165, 1.54) is 0 Å². The topological polar surface area (TPSA) is 92.1 Å². The van der Waals surface area contributed by atoms with Crippen molar-refractivity contribution in [2.75, 3.05) is 30.4 Å². The molecule has 3 aromatic rings. The Morgan fingerprint density at radius 2 is 2.14 bits per heavy atom. The van der Waals surface area contributed by atoms with Crippen LogP contribution in [0.1, 0.15) is 12.8 Å². The summed E-state index contributed by atoms with van der Waals surface area (Å²) >= 11 is 0. The van der Waals surface area contributed by atoms with Crippen LogP contribution in [0.4, 0.5) is 16.3 Å². The summed E-state index contributed by atoms with van der Waals surface area (Å²) in [7, 11) is 1.83. The number of aromatic nitrogens is 5. The van der Waals surface area contributed by atoms with Gasteiger partial charge in [0.1, 0.15) is 0 Å². The standard InChI is InChI=1S/C19H22N8O/c1-25(17-7-4-11-26(14-17)18-8-3-9-20-23-18)19(28)22-15-5-2-6-16(13-15)27-12-10-21-24-27/h2-3,5-6,8-10,12-13,17H,4,7,11,14H2,1H3,(H,22,28). The van der Waals surface area contributed by atoms with Gasteiger partial charge in [-0.1, -0.05) is 11.3 Å². The van der Waals surface area contributed by atoms with Crippen LogP contribution in [0.5, 0.6) is 0 Å². The Labute approximate surface area is 163 Å². The molecule has 0 spiro atoms. The van der Waals surface area contributed by atoms with Gasteiger partial charge in [0.15, 0.2) is 5.82 Å². The molecule has 1 aliphatic heterocycles. The van der Waals surface area contributed by atoms with Crippen molar-refractivity contribution >= 4 is 17.5 Å². The summed E-state index contributed by atoms with van der Waals surface area (Å²) < 4.78 is 1.65. The molecule has 0 aliphatic carbocycles. The number of carbonyl (C=O) groups is 1. The Morgan fingerprint density at radius 3 is 2.93 bits per heavy atom. The number of hydrogen-bond acceptors (Lipinski definition) is 6. The summed E-state index contributed by atoms with van der Waals surface area (Å²) in [6.45, 7) is 1.66. The largest absolute Gasteiger partial charge is 0.353 e. The number of anilines is 2. The zero-order valence-corrected chi connectivity index (χ0v) is 15.6. The van der Waals surface area contributed by atoms with E-state index in [4.69, 9.17) is 0 Å². The van der Waals surface area contributed by atoms with Crippen molar-refractivity contribution in [3.05, 3.63) is 55.0 Å². The van der Waals surface area contributed by atoms with Gasteiger partial charge in [0.2, 0.25) is 0 Å². The zero-order valence-electron chi connectivity index (χ0n) is 15.6. The number of nitrogens with zero attached hydrogens (tertiary/aromatic N) is 7. The van der Waals surface area contributed by atoms with Crippen LogP contribution in [0.2, 0.25) is 0 Å². The average molecular weight is 378 g/mol. The third kappa shape index (κ3) is 3.93. The van der Waals surface area contributed by atoms with Crippen LogP contribution in [-0.4, -0.2) is 62.3 Å². The maximum absolute atomic E-state index is 12.8. The molecule has 9 nitrogen and oxygen atoms in total. The monoisotopic (exact) mass is 378 g/mol. The van der Waals surface area contributed by atoms with Crippen molar-refractivity contribution in [3.63, 3.8) is 0 Å². The van der Waals surface area contributed by atoms with E-state index in [9.17, 15) is 4.79 Å². The molecule has 1 atom stereocenters. The van der Waals surface area contributed by atoms with Crippen molar-refractivity contribution in [1.29, 1.82) is 0 Å². The van der Waals surface area contributed by atoms with E-state index in [0.717, 1.165) is 37.4 Å². The SMILES string of the molecule is CN(C(=O)Nc1cccc(-n2ccnn2)c1)C1CCCN(c2cccnn2)C1. The van der Waals surface area contributed by atoms with Crippen molar-refractivity contribution < 1.29 is 4.79 Å². The van der Waals surface area contributed by atoms with Gasteiger partial charge in [-0.15, -0.1) is 10.2 Å². The van der Waals surface area contributed by atoms with E-state index < -0.39 is 0 Å². The Morgan fingerprint density at radius 1 is 1.21 bits per heavy atom. The normalized spacial score (nSPS) is 16.6. The summed E-state index contributed by atoms with van der Waals surface area (Å²) in [5.41, 5.74) is 1.55. The number of hydrogen-bond donors (Lipinski definition) is 1. The summed E-state index contributed by atoms with van der Waals surface area (Å²) in [5.74, 6) is 0.849. The van der Waals surface area contributed by atoms with E-state index in [2.05, 4.69) is 30.7 Å². The van der Waals surface area contributed by atoms with Gasteiger partial charge in [-0.2, -0.15) is 5.10 Å². The Bertz CT molecular complexity index is 915. The minimum absolute atomic E-state index is 0.106. The lowest BCUT2D eigenvalue weighted by Gasteiger charge is -2.37. The van der Waals surface area contributed by atoms with Gasteiger partial charge < -0.3 is 15.1 Å². The van der Waals surface area contributed by atoms with Gasteiger partial charge in [0.05, 0.1) is 24.1 Å².